The normalized spacial score (nSPS) is 19.9. The fraction of sp³-hybridized carbons (Fsp3) is 0.480. The Kier molecular flexibility index (Phi) is 6.14. The maximum Gasteiger partial charge on any atom is 0.410 e. The molecule has 0 aromatic heterocycles. The Labute approximate surface area is 199 Å². The van der Waals surface area contributed by atoms with Gasteiger partial charge in [-0.3, -0.25) is 0 Å². The standard InChI is InChI=1S/C25H30FNO6S/c1-24(2,3)33-23(29)27-11-9-25(10-12-27)15-21(28)19-13-16(5-8-22(19)32-25)18-7-6-17(14-20(18)26)34(4,30)31/h5-8,13-14,21,28H,9-12,15H2,1-4H3. The molecule has 2 aliphatic rings. The fourth-order valence-electron chi connectivity index (χ4n) is 4.50. The van der Waals surface area contributed by atoms with Gasteiger partial charge >= 0.3 is 6.09 Å². The summed E-state index contributed by atoms with van der Waals surface area (Å²) < 4.78 is 49.8. The SMILES string of the molecule is CC(C)(C)OC(=O)N1CCC2(CC1)CC(O)c1cc(-c3ccc(S(C)(=O)=O)cc3F)ccc1O2. The number of fused-ring (bicyclic) bond motifs is 1. The first-order valence-electron chi connectivity index (χ1n) is 11.3. The van der Waals surface area contributed by atoms with Gasteiger partial charge in [0.25, 0.3) is 0 Å². The number of aliphatic hydroxyl groups is 1. The second-order valence-corrected chi connectivity index (χ2v) is 12.2. The average molecular weight is 492 g/mol. The minimum Gasteiger partial charge on any atom is -0.487 e. The van der Waals surface area contributed by atoms with Crippen LogP contribution in [0.2, 0.25) is 0 Å². The van der Waals surface area contributed by atoms with Gasteiger partial charge in [-0.15, -0.1) is 0 Å². The van der Waals surface area contributed by atoms with Crippen LogP contribution in [0.15, 0.2) is 41.3 Å². The van der Waals surface area contributed by atoms with Gasteiger partial charge < -0.3 is 19.5 Å². The van der Waals surface area contributed by atoms with E-state index in [0.29, 0.717) is 49.2 Å². The first-order valence-corrected chi connectivity index (χ1v) is 13.1. The minimum atomic E-state index is -3.51. The van der Waals surface area contributed by atoms with E-state index in [2.05, 4.69) is 0 Å². The number of ether oxygens (including phenoxy) is 2. The van der Waals surface area contributed by atoms with Gasteiger partial charge in [-0.2, -0.15) is 0 Å². The molecule has 1 atom stereocenters. The summed E-state index contributed by atoms with van der Waals surface area (Å²) in [5, 5.41) is 10.9. The van der Waals surface area contributed by atoms with Crippen molar-refractivity contribution in [1.82, 2.24) is 4.90 Å². The van der Waals surface area contributed by atoms with Crippen LogP contribution in [0.25, 0.3) is 11.1 Å². The Hall–Kier alpha value is -2.65. The van der Waals surface area contributed by atoms with Crippen molar-refractivity contribution in [3.05, 3.63) is 47.8 Å². The van der Waals surface area contributed by atoms with Gasteiger partial charge in [0.1, 0.15) is 22.8 Å². The molecule has 1 N–H and O–H groups in total. The molecule has 34 heavy (non-hydrogen) atoms. The molecule has 1 amide bonds. The van der Waals surface area contributed by atoms with Crippen LogP contribution in [0.3, 0.4) is 0 Å². The van der Waals surface area contributed by atoms with Gasteiger partial charge in [0.05, 0.1) is 11.0 Å². The maximum atomic E-state index is 14.7. The van der Waals surface area contributed by atoms with E-state index in [4.69, 9.17) is 9.47 Å². The molecule has 0 saturated carbocycles. The monoisotopic (exact) mass is 491 g/mol. The number of likely N-dealkylation sites (tertiary alicyclic amines) is 1. The molecule has 2 aromatic carbocycles. The van der Waals surface area contributed by atoms with Crippen molar-refractivity contribution >= 4 is 15.9 Å². The van der Waals surface area contributed by atoms with Crippen molar-refractivity contribution in [3.63, 3.8) is 0 Å². The lowest BCUT2D eigenvalue weighted by atomic mass is 9.81. The summed E-state index contributed by atoms with van der Waals surface area (Å²) in [5.74, 6) is -0.124. The number of halogens is 1. The number of nitrogens with zero attached hydrogens (tertiary/aromatic N) is 1. The third kappa shape index (κ3) is 5.05. The molecule has 1 spiro atoms. The van der Waals surface area contributed by atoms with Crippen LogP contribution in [-0.4, -0.2) is 55.1 Å². The zero-order chi connectivity index (χ0) is 24.9. The number of amides is 1. The van der Waals surface area contributed by atoms with E-state index >= 15 is 0 Å². The summed E-state index contributed by atoms with van der Waals surface area (Å²) >= 11 is 0. The Morgan fingerprint density at radius 1 is 1.18 bits per heavy atom. The Morgan fingerprint density at radius 3 is 2.44 bits per heavy atom. The van der Waals surface area contributed by atoms with E-state index in [9.17, 15) is 22.7 Å². The average Bonchev–Trinajstić information content (AvgIpc) is 2.72. The Bertz CT molecular complexity index is 1210. The van der Waals surface area contributed by atoms with Crippen LogP contribution in [-0.2, 0) is 14.6 Å². The maximum absolute atomic E-state index is 14.7. The van der Waals surface area contributed by atoms with Crippen molar-refractivity contribution in [2.45, 2.75) is 62.2 Å². The van der Waals surface area contributed by atoms with Gasteiger partial charge in [-0.25, -0.2) is 17.6 Å². The van der Waals surface area contributed by atoms with Crippen LogP contribution in [0, 0.1) is 5.82 Å². The van der Waals surface area contributed by atoms with E-state index < -0.39 is 33.0 Å². The van der Waals surface area contributed by atoms with Gasteiger partial charge in [0.15, 0.2) is 9.84 Å². The molecule has 2 aliphatic heterocycles. The molecule has 2 aromatic rings. The smallest absolute Gasteiger partial charge is 0.410 e. The van der Waals surface area contributed by atoms with E-state index in [1.165, 1.54) is 12.1 Å². The molecule has 1 fully saturated rings. The Morgan fingerprint density at radius 2 is 1.85 bits per heavy atom. The molecule has 2 heterocycles. The minimum absolute atomic E-state index is 0.0882. The summed E-state index contributed by atoms with van der Waals surface area (Å²) in [6, 6.07) is 8.88. The molecule has 1 unspecified atom stereocenters. The second-order valence-electron chi connectivity index (χ2n) is 10.1. The van der Waals surface area contributed by atoms with Crippen LogP contribution in [0.1, 0.15) is 51.7 Å². The zero-order valence-electron chi connectivity index (χ0n) is 19.8. The van der Waals surface area contributed by atoms with Gasteiger partial charge in [-0.1, -0.05) is 12.1 Å². The van der Waals surface area contributed by atoms with Gasteiger partial charge in [0, 0.05) is 49.7 Å². The molecule has 7 nitrogen and oxygen atoms in total. The van der Waals surface area contributed by atoms with E-state index in [1.54, 1.807) is 23.1 Å². The molecular weight excluding hydrogens is 461 g/mol. The van der Waals surface area contributed by atoms with Gasteiger partial charge in [-0.05, 0) is 50.6 Å². The highest BCUT2D eigenvalue weighted by atomic mass is 32.2. The number of hydrogen-bond acceptors (Lipinski definition) is 6. The summed E-state index contributed by atoms with van der Waals surface area (Å²) in [6.45, 7) is 6.41. The molecule has 184 valence electrons. The van der Waals surface area contributed by atoms with Crippen molar-refractivity contribution in [1.29, 1.82) is 0 Å². The highest BCUT2D eigenvalue weighted by Crippen LogP contribution is 2.45. The third-order valence-electron chi connectivity index (χ3n) is 6.27. The molecule has 0 bridgehead atoms. The van der Waals surface area contributed by atoms with Crippen LogP contribution >= 0.6 is 0 Å². The predicted octanol–water partition coefficient (Wildman–Crippen LogP) is 4.48. The summed E-state index contributed by atoms with van der Waals surface area (Å²) in [4.78, 5) is 13.9. The highest BCUT2D eigenvalue weighted by Gasteiger charge is 2.44. The number of rotatable bonds is 2. The summed E-state index contributed by atoms with van der Waals surface area (Å²) in [6.07, 6.45) is 1.35. The van der Waals surface area contributed by atoms with Gasteiger partial charge in [0.2, 0.25) is 0 Å². The summed E-state index contributed by atoms with van der Waals surface area (Å²) in [7, 11) is -3.51. The van der Waals surface area contributed by atoms with E-state index in [-0.39, 0.29) is 16.6 Å². The number of carbonyl (C=O) groups excluding carboxylic acids is 1. The number of piperidine rings is 1. The van der Waals surface area contributed by atoms with Crippen molar-refractivity contribution in [3.8, 4) is 16.9 Å². The highest BCUT2D eigenvalue weighted by molar-refractivity contribution is 7.90. The van der Waals surface area contributed by atoms with Crippen molar-refractivity contribution in [2.75, 3.05) is 19.3 Å². The lowest BCUT2D eigenvalue weighted by molar-refractivity contribution is -0.0569. The number of carbonyl (C=O) groups is 1. The zero-order valence-corrected chi connectivity index (χ0v) is 20.6. The molecule has 1 saturated heterocycles. The fourth-order valence-corrected chi connectivity index (χ4v) is 5.13. The first kappa shape index (κ1) is 24.5. The summed E-state index contributed by atoms with van der Waals surface area (Å²) in [5.41, 5.74) is 0.173. The lowest BCUT2D eigenvalue weighted by Crippen LogP contribution is -2.52. The largest absolute Gasteiger partial charge is 0.487 e. The van der Waals surface area contributed by atoms with E-state index in [1.807, 2.05) is 20.8 Å². The third-order valence-corrected chi connectivity index (χ3v) is 7.38. The van der Waals surface area contributed by atoms with Crippen LogP contribution in [0.4, 0.5) is 9.18 Å². The quantitative estimate of drug-likeness (QED) is 0.666. The Balaban J connectivity index is 1.52. The number of hydrogen-bond donors (Lipinski definition) is 1. The second kappa shape index (κ2) is 8.53. The van der Waals surface area contributed by atoms with Crippen LogP contribution < -0.4 is 4.74 Å². The first-order chi connectivity index (χ1) is 15.8. The topological polar surface area (TPSA) is 93.1 Å². The molecule has 0 aliphatic carbocycles. The number of sulfone groups is 1. The lowest BCUT2D eigenvalue weighted by Gasteiger charge is -2.46. The van der Waals surface area contributed by atoms with Crippen LogP contribution in [0.5, 0.6) is 5.75 Å². The molecule has 0 radical (unpaired) electrons. The molecular formula is C25H30FNO6S. The predicted molar refractivity (Wildman–Crippen MR) is 125 cm³/mol. The van der Waals surface area contributed by atoms with Crippen molar-refractivity contribution < 1.29 is 32.2 Å². The van der Waals surface area contributed by atoms with E-state index in [0.717, 1.165) is 12.3 Å². The molecule has 4 rings (SSSR count). The molecule has 9 heteroatoms. The van der Waals surface area contributed by atoms with Crippen molar-refractivity contribution in [2.24, 2.45) is 0 Å². The number of aliphatic hydroxyl groups excluding tert-OH is 1. The number of benzene rings is 2.